The molecule has 0 amide bonds. The van der Waals surface area contributed by atoms with Crippen LogP contribution in [0, 0.1) is 11.3 Å². The van der Waals surface area contributed by atoms with Crippen LogP contribution in [0.15, 0.2) is 4.47 Å². The zero-order chi connectivity index (χ0) is 15.6. The van der Waals surface area contributed by atoms with Crippen molar-refractivity contribution < 1.29 is 0 Å². The molecule has 120 valence electrons. The fourth-order valence-corrected chi connectivity index (χ4v) is 4.56. The van der Waals surface area contributed by atoms with Crippen LogP contribution in [0.4, 0.5) is 0 Å². The summed E-state index contributed by atoms with van der Waals surface area (Å²) in [5.41, 5.74) is 5.89. The topological polar surface area (TPSA) is 55.9 Å². The molecule has 1 fully saturated rings. The van der Waals surface area contributed by atoms with E-state index in [9.17, 15) is 0 Å². The Hall–Kier alpha value is -0.390. The molecule has 5 heteroatoms. The van der Waals surface area contributed by atoms with Crippen molar-refractivity contribution in [2.24, 2.45) is 17.2 Å². The summed E-state index contributed by atoms with van der Waals surface area (Å²) in [5.74, 6) is 6.53. The predicted molar refractivity (Wildman–Crippen MR) is 90.9 cm³/mol. The monoisotopic (exact) mass is 356 g/mol. The number of hydrazine groups is 1. The minimum atomic E-state index is 0.311. The molecule has 1 aliphatic carbocycles. The smallest absolute Gasteiger partial charge is 0.0766 e. The van der Waals surface area contributed by atoms with Crippen LogP contribution in [0.25, 0.3) is 0 Å². The van der Waals surface area contributed by atoms with Crippen molar-refractivity contribution >= 4 is 15.9 Å². The molecule has 4 nitrogen and oxygen atoms in total. The SMILES string of the molecule is CCc1nn(CC)c(CC(NN)C2CCCC2(C)C)c1Br. The van der Waals surface area contributed by atoms with Gasteiger partial charge in [0.2, 0.25) is 0 Å². The number of aryl methyl sites for hydroxylation is 2. The quantitative estimate of drug-likeness (QED) is 0.606. The van der Waals surface area contributed by atoms with Crippen molar-refractivity contribution in [3.8, 4) is 0 Å². The summed E-state index contributed by atoms with van der Waals surface area (Å²) in [6.45, 7) is 9.94. The molecular weight excluding hydrogens is 328 g/mol. The molecule has 0 aromatic carbocycles. The molecule has 0 bridgehead atoms. The van der Waals surface area contributed by atoms with E-state index >= 15 is 0 Å². The Bertz CT molecular complexity index is 481. The predicted octanol–water partition coefficient (Wildman–Crippen LogP) is 3.43. The molecule has 1 aromatic rings. The Morgan fingerprint density at radius 3 is 2.67 bits per heavy atom. The van der Waals surface area contributed by atoms with Gasteiger partial charge in [-0.1, -0.05) is 27.2 Å². The lowest BCUT2D eigenvalue weighted by Gasteiger charge is -2.34. The fourth-order valence-electron chi connectivity index (χ4n) is 3.84. The maximum Gasteiger partial charge on any atom is 0.0766 e. The number of hydrogen-bond donors (Lipinski definition) is 2. The summed E-state index contributed by atoms with van der Waals surface area (Å²) in [6.07, 6.45) is 5.76. The highest BCUT2D eigenvalue weighted by molar-refractivity contribution is 9.10. The third-order valence-corrected chi connectivity index (χ3v) is 6.06. The number of nitrogens with two attached hydrogens (primary N) is 1. The second-order valence-electron chi connectivity index (χ2n) is 6.84. The van der Waals surface area contributed by atoms with Crippen LogP contribution in [0.1, 0.15) is 58.3 Å². The fraction of sp³-hybridized carbons (Fsp3) is 0.812. The highest BCUT2D eigenvalue weighted by Crippen LogP contribution is 2.45. The molecule has 1 aromatic heterocycles. The van der Waals surface area contributed by atoms with Crippen molar-refractivity contribution in [2.45, 2.75) is 72.4 Å². The molecule has 3 N–H and O–H groups in total. The molecule has 21 heavy (non-hydrogen) atoms. The summed E-state index contributed by atoms with van der Waals surface area (Å²) in [5, 5.41) is 4.70. The van der Waals surface area contributed by atoms with Gasteiger partial charge in [-0.05, 0) is 53.4 Å². The van der Waals surface area contributed by atoms with E-state index in [1.54, 1.807) is 0 Å². The van der Waals surface area contributed by atoms with Crippen LogP contribution in [0.2, 0.25) is 0 Å². The van der Waals surface area contributed by atoms with Gasteiger partial charge >= 0.3 is 0 Å². The first kappa shape index (κ1) is 17.0. The Kier molecular flexibility index (Phi) is 5.49. The van der Waals surface area contributed by atoms with Gasteiger partial charge in [-0.2, -0.15) is 5.10 Å². The Labute approximate surface area is 137 Å². The number of halogens is 1. The van der Waals surface area contributed by atoms with Crippen molar-refractivity contribution in [3.63, 3.8) is 0 Å². The molecule has 2 atom stereocenters. The van der Waals surface area contributed by atoms with Gasteiger partial charge in [0.05, 0.1) is 15.9 Å². The summed E-state index contributed by atoms with van der Waals surface area (Å²) < 4.78 is 3.29. The van der Waals surface area contributed by atoms with Gasteiger partial charge in [0.15, 0.2) is 0 Å². The van der Waals surface area contributed by atoms with E-state index in [4.69, 9.17) is 10.9 Å². The summed E-state index contributed by atoms with van der Waals surface area (Å²) in [7, 11) is 0. The van der Waals surface area contributed by atoms with Gasteiger partial charge in [0.25, 0.3) is 0 Å². The van der Waals surface area contributed by atoms with Gasteiger partial charge in [0.1, 0.15) is 0 Å². The molecule has 1 saturated carbocycles. The zero-order valence-electron chi connectivity index (χ0n) is 13.7. The second kappa shape index (κ2) is 6.80. The van der Waals surface area contributed by atoms with E-state index in [-0.39, 0.29) is 0 Å². The number of nitrogens with one attached hydrogen (secondary N) is 1. The first-order valence-corrected chi connectivity index (χ1v) is 8.94. The molecular formula is C16H29BrN4. The Morgan fingerprint density at radius 1 is 1.48 bits per heavy atom. The molecule has 2 unspecified atom stereocenters. The van der Waals surface area contributed by atoms with Gasteiger partial charge in [-0.15, -0.1) is 0 Å². The third-order valence-electron chi connectivity index (χ3n) is 5.15. The molecule has 0 aliphatic heterocycles. The first-order chi connectivity index (χ1) is 9.94. The lowest BCUT2D eigenvalue weighted by molar-refractivity contribution is 0.194. The highest BCUT2D eigenvalue weighted by Gasteiger charge is 2.39. The van der Waals surface area contributed by atoms with Gasteiger partial charge in [-0.25, -0.2) is 0 Å². The van der Waals surface area contributed by atoms with Crippen LogP contribution in [0.3, 0.4) is 0 Å². The van der Waals surface area contributed by atoms with Crippen molar-refractivity contribution in [2.75, 3.05) is 0 Å². The largest absolute Gasteiger partial charge is 0.271 e. The molecule has 1 aliphatic rings. The minimum absolute atomic E-state index is 0.311. The van der Waals surface area contributed by atoms with E-state index in [1.165, 1.54) is 29.4 Å². The summed E-state index contributed by atoms with van der Waals surface area (Å²) >= 11 is 3.75. The standard InChI is InChI=1S/C16H29BrN4/c1-5-12-15(17)14(21(6-2)20-12)10-13(19-18)11-8-7-9-16(11,3)4/h11,13,19H,5-10,18H2,1-4H3. The molecule has 0 radical (unpaired) electrons. The zero-order valence-corrected chi connectivity index (χ0v) is 15.3. The molecule has 0 saturated heterocycles. The van der Waals surface area contributed by atoms with E-state index in [0.29, 0.717) is 17.4 Å². The average Bonchev–Trinajstić information content (AvgIpc) is 2.96. The number of aromatic nitrogens is 2. The summed E-state index contributed by atoms with van der Waals surface area (Å²) in [6, 6.07) is 0.311. The average molecular weight is 357 g/mol. The number of hydrogen-bond acceptors (Lipinski definition) is 3. The molecule has 2 rings (SSSR count). The Morgan fingerprint density at radius 2 is 2.19 bits per heavy atom. The lowest BCUT2D eigenvalue weighted by Crippen LogP contribution is -2.46. The molecule has 0 spiro atoms. The van der Waals surface area contributed by atoms with Crippen LogP contribution in [0.5, 0.6) is 0 Å². The highest BCUT2D eigenvalue weighted by atomic mass is 79.9. The van der Waals surface area contributed by atoms with Crippen LogP contribution in [-0.4, -0.2) is 15.8 Å². The van der Waals surface area contributed by atoms with E-state index < -0.39 is 0 Å². The maximum absolute atomic E-state index is 5.91. The number of rotatable bonds is 6. The van der Waals surface area contributed by atoms with E-state index in [2.05, 4.69) is 53.7 Å². The van der Waals surface area contributed by atoms with Gasteiger partial charge in [-0.3, -0.25) is 16.0 Å². The normalized spacial score (nSPS) is 22.7. The Balaban J connectivity index is 2.25. The second-order valence-corrected chi connectivity index (χ2v) is 7.63. The van der Waals surface area contributed by atoms with Crippen molar-refractivity contribution in [1.82, 2.24) is 15.2 Å². The lowest BCUT2D eigenvalue weighted by atomic mass is 9.76. The van der Waals surface area contributed by atoms with Crippen LogP contribution < -0.4 is 11.3 Å². The summed E-state index contributed by atoms with van der Waals surface area (Å²) in [4.78, 5) is 0. The first-order valence-electron chi connectivity index (χ1n) is 8.14. The van der Waals surface area contributed by atoms with Crippen LogP contribution >= 0.6 is 15.9 Å². The van der Waals surface area contributed by atoms with Crippen LogP contribution in [-0.2, 0) is 19.4 Å². The van der Waals surface area contributed by atoms with Gasteiger partial charge < -0.3 is 0 Å². The number of nitrogens with zero attached hydrogens (tertiary/aromatic N) is 2. The van der Waals surface area contributed by atoms with Crippen molar-refractivity contribution in [3.05, 3.63) is 15.9 Å². The molecule has 1 heterocycles. The van der Waals surface area contributed by atoms with Crippen molar-refractivity contribution in [1.29, 1.82) is 0 Å². The third kappa shape index (κ3) is 3.35. The van der Waals surface area contributed by atoms with Gasteiger partial charge in [0, 0.05) is 19.0 Å². The minimum Gasteiger partial charge on any atom is -0.271 e. The maximum atomic E-state index is 5.91. The van der Waals surface area contributed by atoms with E-state index in [1.807, 2.05) is 0 Å². The van der Waals surface area contributed by atoms with E-state index in [0.717, 1.165) is 25.1 Å².